The fourth-order valence-electron chi connectivity index (χ4n) is 1.10. The highest BCUT2D eigenvalue weighted by Crippen LogP contribution is 2.19. The Kier molecular flexibility index (Phi) is 2.76. The normalized spacial score (nSPS) is 12.0. The van der Waals surface area contributed by atoms with E-state index in [0.29, 0.717) is 4.90 Å². The van der Waals surface area contributed by atoms with Crippen LogP contribution in [0.4, 0.5) is 0 Å². The van der Waals surface area contributed by atoms with Gasteiger partial charge in [-0.05, 0) is 17.0 Å². The zero-order valence-corrected chi connectivity index (χ0v) is 8.68. The Labute approximate surface area is 93.4 Å². The SMILES string of the molecule is N#Cc1c([S+]([O-])c2ccccc2)no[n+]1[O-]. The molecule has 0 amide bonds. The first-order chi connectivity index (χ1) is 7.74. The molecule has 0 spiro atoms. The second kappa shape index (κ2) is 4.22. The van der Waals surface area contributed by atoms with Gasteiger partial charge in [0.25, 0.3) is 0 Å². The van der Waals surface area contributed by atoms with Crippen molar-refractivity contribution >= 4 is 11.2 Å². The van der Waals surface area contributed by atoms with E-state index in [1.165, 1.54) is 0 Å². The molecule has 1 aromatic heterocycles. The van der Waals surface area contributed by atoms with Crippen molar-refractivity contribution in [1.82, 2.24) is 5.16 Å². The lowest BCUT2D eigenvalue weighted by molar-refractivity contribution is -0.804. The molecule has 0 aliphatic heterocycles. The number of nitriles is 1. The summed E-state index contributed by atoms with van der Waals surface area (Å²) in [6.45, 7) is 0. The van der Waals surface area contributed by atoms with Gasteiger partial charge in [0.2, 0.25) is 0 Å². The topological polar surface area (TPSA) is 99.8 Å². The van der Waals surface area contributed by atoms with Gasteiger partial charge in [-0.25, -0.2) is 0 Å². The molecule has 0 saturated heterocycles. The lowest BCUT2D eigenvalue weighted by Gasteiger charge is -2.01. The summed E-state index contributed by atoms with van der Waals surface area (Å²) in [5, 5.41) is 22.8. The van der Waals surface area contributed by atoms with Crippen LogP contribution in [0.15, 0.2) is 44.9 Å². The summed E-state index contributed by atoms with van der Waals surface area (Å²) >= 11 is -1.69. The van der Waals surface area contributed by atoms with Crippen molar-refractivity contribution < 1.29 is 14.1 Å². The van der Waals surface area contributed by atoms with Gasteiger partial charge in [-0.3, -0.25) is 4.63 Å². The Hall–Kier alpha value is -2.04. The maximum atomic E-state index is 11.9. The molecule has 1 aromatic carbocycles. The highest BCUT2D eigenvalue weighted by atomic mass is 32.2. The lowest BCUT2D eigenvalue weighted by atomic mass is 10.4. The second-order valence-corrected chi connectivity index (χ2v) is 4.17. The van der Waals surface area contributed by atoms with Crippen molar-refractivity contribution in [2.45, 2.75) is 9.92 Å². The van der Waals surface area contributed by atoms with Gasteiger partial charge in [-0.1, -0.05) is 18.2 Å². The van der Waals surface area contributed by atoms with E-state index in [1.807, 2.05) is 0 Å². The summed E-state index contributed by atoms with van der Waals surface area (Å²) in [6.07, 6.45) is 0. The average Bonchev–Trinajstić information content (AvgIpc) is 2.70. The van der Waals surface area contributed by atoms with Gasteiger partial charge in [-0.15, -0.1) is 0 Å². The van der Waals surface area contributed by atoms with Crippen LogP contribution < -0.4 is 4.90 Å². The van der Waals surface area contributed by atoms with Crippen molar-refractivity contribution in [2.75, 3.05) is 0 Å². The van der Waals surface area contributed by atoms with Crippen LogP contribution in [0.3, 0.4) is 0 Å². The van der Waals surface area contributed by atoms with E-state index in [2.05, 4.69) is 9.79 Å². The van der Waals surface area contributed by atoms with E-state index in [4.69, 9.17) is 5.26 Å². The van der Waals surface area contributed by atoms with Gasteiger partial charge >= 0.3 is 10.7 Å². The van der Waals surface area contributed by atoms with Crippen LogP contribution in [-0.4, -0.2) is 9.71 Å². The standard InChI is InChI=1S/C9H5N3O3S/c10-6-8-9(11-15-12(8)13)16(14)7-4-2-1-3-5-7/h1-5H. The van der Waals surface area contributed by atoms with Crippen molar-refractivity contribution in [3.05, 3.63) is 41.2 Å². The summed E-state index contributed by atoms with van der Waals surface area (Å²) in [6, 6.07) is 9.98. The third-order valence-corrected chi connectivity index (χ3v) is 3.14. The molecule has 80 valence electrons. The van der Waals surface area contributed by atoms with E-state index in [0.717, 1.165) is 0 Å². The van der Waals surface area contributed by atoms with E-state index in [-0.39, 0.29) is 15.6 Å². The number of hydrogen-bond acceptors (Lipinski definition) is 5. The Morgan fingerprint density at radius 3 is 2.69 bits per heavy atom. The zero-order chi connectivity index (χ0) is 11.5. The number of rotatable bonds is 2. The molecule has 0 bridgehead atoms. The summed E-state index contributed by atoms with van der Waals surface area (Å²) in [5.41, 5.74) is -0.387. The van der Waals surface area contributed by atoms with Crippen LogP contribution in [0.2, 0.25) is 0 Å². The predicted molar refractivity (Wildman–Crippen MR) is 51.3 cm³/mol. The minimum atomic E-state index is -1.69. The Balaban J connectivity index is 2.43. The maximum Gasteiger partial charge on any atom is 0.437 e. The van der Waals surface area contributed by atoms with Crippen LogP contribution in [0, 0.1) is 16.5 Å². The summed E-state index contributed by atoms with van der Waals surface area (Å²) in [5.74, 6) is 0. The van der Waals surface area contributed by atoms with Gasteiger partial charge in [-0.2, -0.15) is 5.26 Å². The van der Waals surface area contributed by atoms with E-state index in [1.54, 1.807) is 36.4 Å². The zero-order valence-electron chi connectivity index (χ0n) is 7.86. The van der Waals surface area contributed by atoms with Gasteiger partial charge in [0.15, 0.2) is 11.0 Å². The fourth-order valence-corrected chi connectivity index (χ4v) is 2.13. The molecule has 0 N–H and O–H groups in total. The van der Waals surface area contributed by atoms with Crippen LogP contribution in [0.1, 0.15) is 5.69 Å². The molecule has 0 aliphatic rings. The summed E-state index contributed by atoms with van der Waals surface area (Å²) in [4.78, 5) is 0.392. The highest BCUT2D eigenvalue weighted by molar-refractivity contribution is 7.91. The molecular formula is C9H5N3O3S. The average molecular weight is 235 g/mol. The molecule has 16 heavy (non-hydrogen) atoms. The van der Waals surface area contributed by atoms with Crippen molar-refractivity contribution in [3.8, 4) is 6.07 Å². The van der Waals surface area contributed by atoms with Crippen LogP contribution in [0.5, 0.6) is 0 Å². The molecule has 0 aliphatic carbocycles. The Bertz CT molecular complexity index is 535. The van der Waals surface area contributed by atoms with E-state index >= 15 is 0 Å². The molecule has 1 unspecified atom stereocenters. The molecule has 1 atom stereocenters. The molecule has 0 saturated carbocycles. The molecule has 7 heteroatoms. The molecular weight excluding hydrogens is 230 g/mol. The van der Waals surface area contributed by atoms with Crippen LogP contribution >= 0.6 is 0 Å². The maximum absolute atomic E-state index is 11.9. The van der Waals surface area contributed by atoms with Gasteiger partial charge < -0.3 is 9.76 Å². The quantitative estimate of drug-likeness (QED) is 0.552. The van der Waals surface area contributed by atoms with Crippen LogP contribution in [0.25, 0.3) is 0 Å². The third kappa shape index (κ3) is 1.71. The molecule has 1 heterocycles. The Morgan fingerprint density at radius 2 is 2.06 bits per heavy atom. The van der Waals surface area contributed by atoms with Gasteiger partial charge in [0.05, 0.1) is 11.2 Å². The highest BCUT2D eigenvalue weighted by Gasteiger charge is 2.32. The number of aromatic nitrogens is 2. The minimum absolute atomic E-state index is 0.0594. The number of hydrogen-bond donors (Lipinski definition) is 0. The predicted octanol–water partition coefficient (Wildman–Crippen LogP) is 0.346. The first-order valence-corrected chi connectivity index (χ1v) is 5.35. The lowest BCUT2D eigenvalue weighted by Crippen LogP contribution is -2.27. The Morgan fingerprint density at radius 1 is 1.38 bits per heavy atom. The fraction of sp³-hybridized carbons (Fsp3) is 0. The third-order valence-electron chi connectivity index (χ3n) is 1.82. The number of nitrogens with zero attached hydrogens (tertiary/aromatic N) is 3. The number of benzene rings is 1. The van der Waals surface area contributed by atoms with Crippen molar-refractivity contribution in [3.63, 3.8) is 0 Å². The first kappa shape index (κ1) is 10.5. The first-order valence-electron chi connectivity index (χ1n) is 4.20. The van der Waals surface area contributed by atoms with Gasteiger partial charge in [0.1, 0.15) is 5.16 Å². The van der Waals surface area contributed by atoms with Crippen molar-refractivity contribution in [1.29, 1.82) is 5.26 Å². The molecule has 0 fully saturated rings. The van der Waals surface area contributed by atoms with E-state index in [9.17, 15) is 9.76 Å². The summed E-state index contributed by atoms with van der Waals surface area (Å²) < 4.78 is 16.1. The molecule has 2 rings (SSSR count). The summed E-state index contributed by atoms with van der Waals surface area (Å²) in [7, 11) is 0. The molecule has 6 nitrogen and oxygen atoms in total. The molecule has 0 radical (unpaired) electrons. The van der Waals surface area contributed by atoms with Gasteiger partial charge in [0, 0.05) is 0 Å². The van der Waals surface area contributed by atoms with Crippen LogP contribution in [-0.2, 0) is 11.2 Å². The molecule has 2 aromatic rings. The van der Waals surface area contributed by atoms with E-state index < -0.39 is 11.2 Å². The van der Waals surface area contributed by atoms with Crippen molar-refractivity contribution in [2.24, 2.45) is 0 Å². The smallest absolute Gasteiger partial charge is 0.437 e. The largest absolute Gasteiger partial charge is 0.603 e. The minimum Gasteiger partial charge on any atom is -0.603 e. The monoisotopic (exact) mass is 235 g/mol. The second-order valence-electron chi connectivity index (χ2n) is 2.78.